The summed E-state index contributed by atoms with van der Waals surface area (Å²) in [6, 6.07) is 1.01. The fourth-order valence-corrected chi connectivity index (χ4v) is 5.09. The predicted molar refractivity (Wildman–Crippen MR) is 120 cm³/mol. The second-order valence-corrected chi connectivity index (χ2v) is 8.88. The SMILES string of the molecule is C=CCN(C(=O)NC/C=C\C)C1CCN(C2CCN(Cc3nccs3)CC2)CC1. The molecular formula is C22H35N5OS. The standard InChI is InChI=1S/C22H35N5OS/c1-3-5-10-24-22(28)27(12-4-2)20-8-15-26(16-9-20)19-6-13-25(14-7-19)18-21-23-11-17-29-21/h3-5,11,17,19-20H,2,6-10,12-16,18H2,1H3,(H,24,28)/b5-3-. The van der Waals surface area contributed by atoms with Crippen molar-refractivity contribution in [1.82, 2.24) is 25.0 Å². The normalized spacial score (nSPS) is 20.2. The Balaban J connectivity index is 1.43. The molecule has 0 radical (unpaired) electrons. The van der Waals surface area contributed by atoms with E-state index in [1.165, 1.54) is 17.8 Å². The van der Waals surface area contributed by atoms with Crippen LogP contribution in [0.25, 0.3) is 0 Å². The van der Waals surface area contributed by atoms with Gasteiger partial charge in [0.1, 0.15) is 5.01 Å². The summed E-state index contributed by atoms with van der Waals surface area (Å²) >= 11 is 1.75. The number of allylic oxidation sites excluding steroid dienone is 1. The average molecular weight is 418 g/mol. The van der Waals surface area contributed by atoms with E-state index in [1.807, 2.05) is 36.2 Å². The van der Waals surface area contributed by atoms with Gasteiger partial charge in [0.05, 0.1) is 6.54 Å². The van der Waals surface area contributed by atoms with Crippen LogP contribution in [0, 0.1) is 0 Å². The molecule has 2 aliphatic heterocycles. The van der Waals surface area contributed by atoms with Crippen molar-refractivity contribution in [2.75, 3.05) is 39.3 Å². The zero-order chi connectivity index (χ0) is 20.5. The van der Waals surface area contributed by atoms with Crippen LogP contribution in [-0.2, 0) is 6.54 Å². The van der Waals surface area contributed by atoms with Gasteiger partial charge in [0.2, 0.25) is 0 Å². The molecule has 0 atom stereocenters. The van der Waals surface area contributed by atoms with Gasteiger partial charge in [-0.15, -0.1) is 17.9 Å². The Morgan fingerprint density at radius 3 is 2.69 bits per heavy atom. The van der Waals surface area contributed by atoms with Crippen molar-refractivity contribution >= 4 is 17.4 Å². The van der Waals surface area contributed by atoms with E-state index in [1.54, 1.807) is 11.3 Å². The molecular weight excluding hydrogens is 382 g/mol. The highest BCUT2D eigenvalue weighted by Gasteiger charge is 2.31. The number of thiazole rings is 1. The summed E-state index contributed by atoms with van der Waals surface area (Å²) in [7, 11) is 0. The third-order valence-electron chi connectivity index (χ3n) is 6.05. The van der Waals surface area contributed by atoms with Gasteiger partial charge in [-0.2, -0.15) is 0 Å². The van der Waals surface area contributed by atoms with Gasteiger partial charge in [0.25, 0.3) is 0 Å². The lowest BCUT2D eigenvalue weighted by atomic mass is 9.97. The van der Waals surface area contributed by atoms with Crippen LogP contribution in [0.2, 0.25) is 0 Å². The zero-order valence-electron chi connectivity index (χ0n) is 17.6. The van der Waals surface area contributed by atoms with Crippen LogP contribution in [0.3, 0.4) is 0 Å². The molecule has 160 valence electrons. The molecule has 2 saturated heterocycles. The van der Waals surface area contributed by atoms with E-state index in [9.17, 15) is 4.79 Å². The van der Waals surface area contributed by atoms with Crippen LogP contribution in [-0.4, -0.2) is 77.1 Å². The third kappa shape index (κ3) is 6.39. The molecule has 2 amide bonds. The molecule has 0 spiro atoms. The van der Waals surface area contributed by atoms with Gasteiger partial charge in [-0.3, -0.25) is 4.90 Å². The highest BCUT2D eigenvalue weighted by Crippen LogP contribution is 2.24. The number of carbonyl (C=O) groups excluding carboxylic acids is 1. The fraction of sp³-hybridized carbons (Fsp3) is 0.636. The number of carbonyl (C=O) groups is 1. The van der Waals surface area contributed by atoms with Crippen molar-refractivity contribution in [1.29, 1.82) is 0 Å². The van der Waals surface area contributed by atoms with Gasteiger partial charge in [0.15, 0.2) is 0 Å². The number of rotatable bonds is 8. The lowest BCUT2D eigenvalue weighted by molar-refractivity contribution is 0.0638. The van der Waals surface area contributed by atoms with Crippen molar-refractivity contribution in [3.63, 3.8) is 0 Å². The van der Waals surface area contributed by atoms with Crippen LogP contribution in [0.15, 0.2) is 36.4 Å². The smallest absolute Gasteiger partial charge is 0.318 e. The molecule has 3 heterocycles. The van der Waals surface area contributed by atoms with Gasteiger partial charge < -0.3 is 15.1 Å². The first-order valence-corrected chi connectivity index (χ1v) is 11.7. The van der Waals surface area contributed by atoms with Crippen LogP contribution in [0.1, 0.15) is 37.6 Å². The lowest BCUT2D eigenvalue weighted by Gasteiger charge is -2.43. The summed E-state index contributed by atoms with van der Waals surface area (Å²) < 4.78 is 0. The third-order valence-corrected chi connectivity index (χ3v) is 6.81. The Morgan fingerprint density at radius 1 is 1.31 bits per heavy atom. The predicted octanol–water partition coefficient (Wildman–Crippen LogP) is 3.35. The molecule has 6 nitrogen and oxygen atoms in total. The number of amides is 2. The molecule has 0 unspecified atom stereocenters. The topological polar surface area (TPSA) is 51.7 Å². The molecule has 2 fully saturated rings. The minimum atomic E-state index is 0.0249. The van der Waals surface area contributed by atoms with Crippen molar-refractivity contribution in [2.45, 2.75) is 51.2 Å². The summed E-state index contributed by atoms with van der Waals surface area (Å²) in [5, 5.41) is 6.27. The minimum absolute atomic E-state index is 0.0249. The number of hydrogen-bond acceptors (Lipinski definition) is 5. The molecule has 29 heavy (non-hydrogen) atoms. The van der Waals surface area contributed by atoms with Crippen molar-refractivity contribution in [3.8, 4) is 0 Å². The van der Waals surface area contributed by atoms with Crippen LogP contribution in [0.5, 0.6) is 0 Å². The van der Waals surface area contributed by atoms with Gasteiger partial charge in [0, 0.05) is 62.9 Å². The van der Waals surface area contributed by atoms with Gasteiger partial charge >= 0.3 is 6.03 Å². The van der Waals surface area contributed by atoms with Gasteiger partial charge in [-0.1, -0.05) is 18.2 Å². The van der Waals surface area contributed by atoms with E-state index in [4.69, 9.17) is 0 Å². The monoisotopic (exact) mass is 417 g/mol. The zero-order valence-corrected chi connectivity index (χ0v) is 18.4. The first kappa shape index (κ1) is 22.0. The maximum Gasteiger partial charge on any atom is 0.318 e. The number of piperidine rings is 2. The molecule has 1 aromatic heterocycles. The van der Waals surface area contributed by atoms with E-state index < -0.39 is 0 Å². The van der Waals surface area contributed by atoms with Crippen LogP contribution >= 0.6 is 11.3 Å². The largest absolute Gasteiger partial charge is 0.335 e. The van der Waals surface area contributed by atoms with E-state index in [0.29, 0.717) is 25.2 Å². The molecule has 0 saturated carbocycles. The molecule has 1 N–H and O–H groups in total. The molecule has 0 aliphatic carbocycles. The highest BCUT2D eigenvalue weighted by atomic mass is 32.1. The molecule has 0 bridgehead atoms. The van der Waals surface area contributed by atoms with Gasteiger partial charge in [-0.25, -0.2) is 9.78 Å². The maximum absolute atomic E-state index is 12.6. The second-order valence-electron chi connectivity index (χ2n) is 7.90. The highest BCUT2D eigenvalue weighted by molar-refractivity contribution is 7.09. The van der Waals surface area contributed by atoms with Crippen molar-refractivity contribution in [3.05, 3.63) is 41.4 Å². The fourth-order valence-electron chi connectivity index (χ4n) is 4.43. The minimum Gasteiger partial charge on any atom is -0.335 e. The van der Waals surface area contributed by atoms with E-state index in [-0.39, 0.29) is 6.03 Å². The van der Waals surface area contributed by atoms with Crippen LogP contribution in [0.4, 0.5) is 4.79 Å². The van der Waals surface area contributed by atoms with E-state index in [2.05, 4.69) is 32.1 Å². The average Bonchev–Trinajstić information content (AvgIpc) is 3.26. The Kier molecular flexibility index (Phi) is 8.70. The van der Waals surface area contributed by atoms with E-state index >= 15 is 0 Å². The number of nitrogens with one attached hydrogen (secondary N) is 1. The Morgan fingerprint density at radius 2 is 2.07 bits per heavy atom. The Hall–Kier alpha value is -1.70. The summed E-state index contributed by atoms with van der Waals surface area (Å²) in [4.78, 5) is 24.1. The number of aromatic nitrogens is 1. The lowest BCUT2D eigenvalue weighted by Crippen LogP contribution is -2.53. The molecule has 1 aromatic rings. The van der Waals surface area contributed by atoms with Crippen LogP contribution < -0.4 is 5.32 Å². The van der Waals surface area contributed by atoms with Gasteiger partial charge in [-0.05, 0) is 32.6 Å². The number of nitrogens with zero attached hydrogens (tertiary/aromatic N) is 4. The molecule has 3 rings (SSSR count). The summed E-state index contributed by atoms with van der Waals surface area (Å²) in [6.45, 7) is 12.5. The quantitative estimate of drug-likeness (QED) is 0.659. The first-order valence-electron chi connectivity index (χ1n) is 10.8. The summed E-state index contributed by atoms with van der Waals surface area (Å²) in [6.07, 6.45) is 12.2. The second kappa shape index (κ2) is 11.5. The number of urea groups is 1. The Labute approximate surface area is 179 Å². The molecule has 0 aromatic carbocycles. The first-order chi connectivity index (χ1) is 14.2. The van der Waals surface area contributed by atoms with Crippen molar-refractivity contribution in [2.24, 2.45) is 0 Å². The number of hydrogen-bond donors (Lipinski definition) is 1. The van der Waals surface area contributed by atoms with Crippen molar-refractivity contribution < 1.29 is 4.79 Å². The Bertz CT molecular complexity index is 646. The maximum atomic E-state index is 12.6. The summed E-state index contributed by atoms with van der Waals surface area (Å²) in [5.41, 5.74) is 0. The number of likely N-dealkylation sites (tertiary alicyclic amines) is 2. The summed E-state index contributed by atoms with van der Waals surface area (Å²) in [5.74, 6) is 0. The molecule has 7 heteroatoms. The van der Waals surface area contributed by atoms with E-state index in [0.717, 1.165) is 45.6 Å². The molecule has 2 aliphatic rings.